The van der Waals surface area contributed by atoms with Gasteiger partial charge in [-0.25, -0.2) is 4.79 Å². The van der Waals surface area contributed by atoms with E-state index in [4.69, 9.17) is 19.1 Å². The fraction of sp³-hybridized carbons (Fsp3) is 0.353. The molecule has 2 aromatic rings. The van der Waals surface area contributed by atoms with E-state index in [9.17, 15) is 9.59 Å². The minimum Gasteiger partial charge on any atom is -0.493 e. The van der Waals surface area contributed by atoms with Crippen LogP contribution in [0, 0.1) is 5.92 Å². The van der Waals surface area contributed by atoms with Crippen LogP contribution in [0.25, 0.3) is 11.3 Å². The van der Waals surface area contributed by atoms with Gasteiger partial charge >= 0.3 is 5.97 Å². The van der Waals surface area contributed by atoms with E-state index in [1.165, 1.54) is 20.3 Å². The Morgan fingerprint density at radius 1 is 1.16 bits per heavy atom. The Balaban J connectivity index is 2.22. The van der Waals surface area contributed by atoms with Crippen LogP contribution in [-0.2, 0) is 4.79 Å². The molecule has 1 aromatic carbocycles. The van der Waals surface area contributed by atoms with Gasteiger partial charge in [0.15, 0.2) is 23.0 Å². The van der Waals surface area contributed by atoms with E-state index in [-0.39, 0.29) is 11.6 Å². The largest absolute Gasteiger partial charge is 0.493 e. The first-order valence-corrected chi connectivity index (χ1v) is 7.60. The summed E-state index contributed by atoms with van der Waals surface area (Å²) < 4.78 is 15.6. The van der Waals surface area contributed by atoms with Crippen molar-refractivity contribution in [3.63, 3.8) is 0 Å². The number of rotatable bonds is 7. The molecule has 134 valence electrons. The van der Waals surface area contributed by atoms with Crippen LogP contribution in [0.5, 0.6) is 11.5 Å². The van der Waals surface area contributed by atoms with Crippen molar-refractivity contribution < 1.29 is 28.7 Å². The second-order valence-electron chi connectivity index (χ2n) is 5.68. The van der Waals surface area contributed by atoms with E-state index in [1.807, 2.05) is 0 Å². The van der Waals surface area contributed by atoms with Crippen molar-refractivity contribution in [2.24, 2.45) is 5.92 Å². The molecule has 2 N–H and O–H groups in total. The molecule has 0 aliphatic rings. The Morgan fingerprint density at radius 3 is 2.40 bits per heavy atom. The highest BCUT2D eigenvalue weighted by Gasteiger charge is 2.25. The third-order valence-corrected chi connectivity index (χ3v) is 3.63. The number of aliphatic carboxylic acids is 1. The van der Waals surface area contributed by atoms with E-state index in [0.717, 1.165) is 0 Å². The summed E-state index contributed by atoms with van der Waals surface area (Å²) >= 11 is 0. The Morgan fingerprint density at radius 2 is 1.84 bits per heavy atom. The average molecular weight is 348 g/mol. The minimum absolute atomic E-state index is 0.00307. The molecule has 1 heterocycles. The van der Waals surface area contributed by atoms with Gasteiger partial charge in [-0.05, 0) is 24.1 Å². The molecule has 0 spiro atoms. The molecule has 0 fully saturated rings. The molecule has 0 unspecified atom stereocenters. The number of amides is 1. The second-order valence-corrected chi connectivity index (χ2v) is 5.68. The minimum atomic E-state index is -1.10. The van der Waals surface area contributed by atoms with Crippen LogP contribution < -0.4 is 14.8 Å². The number of nitrogens with one attached hydrogen (secondary N) is 1. The number of hydrogen-bond acceptors (Lipinski definition) is 6. The Hall–Kier alpha value is -3.03. The van der Waals surface area contributed by atoms with Crippen molar-refractivity contribution in [3.05, 3.63) is 30.0 Å². The van der Waals surface area contributed by atoms with Crippen molar-refractivity contribution in [1.82, 2.24) is 10.5 Å². The molecule has 0 radical (unpaired) electrons. The topological polar surface area (TPSA) is 111 Å². The number of carboxylic acid groups (broad SMARTS) is 1. The predicted molar refractivity (Wildman–Crippen MR) is 88.8 cm³/mol. The van der Waals surface area contributed by atoms with Crippen LogP contribution in [0.15, 0.2) is 28.8 Å². The number of benzene rings is 1. The first-order chi connectivity index (χ1) is 11.9. The molecular formula is C17H20N2O6. The van der Waals surface area contributed by atoms with Crippen LogP contribution in [0.3, 0.4) is 0 Å². The molecule has 0 saturated heterocycles. The summed E-state index contributed by atoms with van der Waals surface area (Å²) in [5, 5.41) is 15.3. The van der Waals surface area contributed by atoms with Crippen molar-refractivity contribution in [2.75, 3.05) is 14.2 Å². The van der Waals surface area contributed by atoms with Crippen molar-refractivity contribution >= 4 is 11.9 Å². The molecule has 0 saturated carbocycles. The predicted octanol–water partition coefficient (Wildman–Crippen LogP) is 2.20. The number of carbonyl (C=O) groups excluding carboxylic acids is 1. The van der Waals surface area contributed by atoms with Gasteiger partial charge < -0.3 is 24.4 Å². The zero-order valence-electron chi connectivity index (χ0n) is 14.4. The highest BCUT2D eigenvalue weighted by atomic mass is 16.5. The molecule has 2 rings (SSSR count). The van der Waals surface area contributed by atoms with Crippen LogP contribution in [0.1, 0.15) is 24.3 Å². The van der Waals surface area contributed by atoms with Gasteiger partial charge in [0.2, 0.25) is 0 Å². The Kier molecular flexibility index (Phi) is 5.63. The van der Waals surface area contributed by atoms with Crippen LogP contribution in [0.4, 0.5) is 0 Å². The summed E-state index contributed by atoms with van der Waals surface area (Å²) in [6, 6.07) is 5.56. The molecule has 0 aliphatic carbocycles. The lowest BCUT2D eigenvalue weighted by Gasteiger charge is -2.16. The van der Waals surface area contributed by atoms with E-state index in [1.54, 1.807) is 32.0 Å². The molecule has 0 bridgehead atoms. The molecular weight excluding hydrogens is 328 g/mol. The number of methoxy groups -OCH3 is 2. The summed E-state index contributed by atoms with van der Waals surface area (Å²) in [5.41, 5.74) is 0.638. The second kappa shape index (κ2) is 7.69. The molecule has 1 atom stereocenters. The van der Waals surface area contributed by atoms with Crippen molar-refractivity contribution in [3.8, 4) is 22.8 Å². The number of ether oxygens (including phenoxy) is 2. The first kappa shape index (κ1) is 18.3. The Labute approximate surface area is 144 Å². The standard InChI is InChI=1S/C17H20N2O6/c1-9(2)15(17(21)22)18-16(20)11-8-13(25-19-11)10-5-6-12(23-3)14(7-10)24-4/h5-9,15H,1-4H3,(H,18,20)(H,21,22)/t15-/m0/s1. The number of carboxylic acids is 1. The lowest BCUT2D eigenvalue weighted by molar-refractivity contribution is -0.140. The van der Waals surface area contributed by atoms with Gasteiger partial charge in [-0.3, -0.25) is 4.79 Å². The third-order valence-electron chi connectivity index (χ3n) is 3.63. The maximum absolute atomic E-state index is 12.2. The summed E-state index contributed by atoms with van der Waals surface area (Å²) in [5.74, 6) is -0.567. The molecule has 1 aromatic heterocycles. The zero-order chi connectivity index (χ0) is 18.6. The molecule has 8 nitrogen and oxygen atoms in total. The third kappa shape index (κ3) is 4.09. The van der Waals surface area contributed by atoms with Gasteiger partial charge in [0.05, 0.1) is 14.2 Å². The van der Waals surface area contributed by atoms with Gasteiger partial charge in [0.1, 0.15) is 6.04 Å². The molecule has 0 aliphatic heterocycles. The van der Waals surface area contributed by atoms with Crippen molar-refractivity contribution in [1.29, 1.82) is 0 Å². The lowest BCUT2D eigenvalue weighted by atomic mass is 10.0. The van der Waals surface area contributed by atoms with Gasteiger partial charge in [0, 0.05) is 11.6 Å². The summed E-state index contributed by atoms with van der Waals surface area (Å²) in [6.07, 6.45) is 0. The van der Waals surface area contributed by atoms with Gasteiger partial charge in [-0.1, -0.05) is 19.0 Å². The van der Waals surface area contributed by atoms with Crippen molar-refractivity contribution in [2.45, 2.75) is 19.9 Å². The highest BCUT2D eigenvalue weighted by molar-refractivity contribution is 5.95. The number of carbonyl (C=O) groups is 2. The van der Waals surface area contributed by atoms with E-state index >= 15 is 0 Å². The number of hydrogen-bond donors (Lipinski definition) is 2. The fourth-order valence-electron chi connectivity index (χ4n) is 2.24. The SMILES string of the molecule is COc1ccc(-c2cc(C(=O)N[C@H](C(=O)O)C(C)C)no2)cc1OC. The van der Waals surface area contributed by atoms with Crippen LogP contribution in [-0.4, -0.2) is 42.4 Å². The summed E-state index contributed by atoms with van der Waals surface area (Å²) in [4.78, 5) is 23.4. The van der Waals surface area contributed by atoms with E-state index < -0.39 is 17.9 Å². The van der Waals surface area contributed by atoms with Gasteiger partial charge in [0.25, 0.3) is 5.91 Å². The normalized spacial score (nSPS) is 11.9. The van der Waals surface area contributed by atoms with Crippen LogP contribution >= 0.6 is 0 Å². The lowest BCUT2D eigenvalue weighted by Crippen LogP contribution is -2.44. The van der Waals surface area contributed by atoms with Crippen LogP contribution in [0.2, 0.25) is 0 Å². The van der Waals surface area contributed by atoms with E-state index in [0.29, 0.717) is 22.8 Å². The maximum atomic E-state index is 12.2. The maximum Gasteiger partial charge on any atom is 0.326 e. The zero-order valence-corrected chi connectivity index (χ0v) is 14.4. The first-order valence-electron chi connectivity index (χ1n) is 7.60. The summed E-state index contributed by atoms with van der Waals surface area (Å²) in [7, 11) is 3.04. The fourth-order valence-corrected chi connectivity index (χ4v) is 2.24. The molecule has 8 heteroatoms. The highest BCUT2D eigenvalue weighted by Crippen LogP contribution is 2.32. The molecule has 1 amide bonds. The van der Waals surface area contributed by atoms with Gasteiger partial charge in [-0.2, -0.15) is 0 Å². The smallest absolute Gasteiger partial charge is 0.326 e. The van der Waals surface area contributed by atoms with Gasteiger partial charge in [-0.15, -0.1) is 0 Å². The summed E-state index contributed by atoms with van der Waals surface area (Å²) in [6.45, 7) is 3.41. The van der Waals surface area contributed by atoms with E-state index in [2.05, 4.69) is 10.5 Å². The quantitative estimate of drug-likeness (QED) is 0.789. The Bertz CT molecular complexity index is 768. The molecule has 25 heavy (non-hydrogen) atoms. The number of aromatic nitrogens is 1. The monoisotopic (exact) mass is 348 g/mol. The average Bonchev–Trinajstić information content (AvgIpc) is 3.08. The number of nitrogens with zero attached hydrogens (tertiary/aromatic N) is 1.